The van der Waals surface area contributed by atoms with E-state index >= 15 is 0 Å². The first-order chi connectivity index (χ1) is 8.59. The molecule has 2 N–H and O–H groups in total. The Morgan fingerprint density at radius 2 is 2.21 bits per heavy atom. The number of hydrogen-bond acceptors (Lipinski definition) is 2. The Labute approximate surface area is 129 Å². The molecular weight excluding hydrogens is 328 g/mol. The lowest BCUT2D eigenvalue weighted by Crippen LogP contribution is -2.52. The number of carbonyl (C=O) groups excluding carboxylic acids is 1. The van der Waals surface area contributed by atoms with Crippen molar-refractivity contribution < 1.29 is 4.79 Å². The van der Waals surface area contributed by atoms with Gasteiger partial charge in [0.1, 0.15) is 0 Å². The molecule has 2 rings (SSSR count). The van der Waals surface area contributed by atoms with Gasteiger partial charge in [0.15, 0.2) is 0 Å². The Hall–Kier alpha value is -0.580. The van der Waals surface area contributed by atoms with Gasteiger partial charge >= 0.3 is 0 Å². The Morgan fingerprint density at radius 1 is 1.47 bits per heavy atom. The topological polar surface area (TPSA) is 41.1 Å². The van der Waals surface area contributed by atoms with E-state index < -0.39 is 0 Å². The molecule has 1 amide bonds. The number of amides is 1. The van der Waals surface area contributed by atoms with Gasteiger partial charge in [-0.15, -0.1) is 12.4 Å². The quantitative estimate of drug-likeness (QED) is 0.863. The first kappa shape index (κ1) is 16.5. The van der Waals surface area contributed by atoms with E-state index in [-0.39, 0.29) is 24.4 Å². The molecule has 1 fully saturated rings. The second kappa shape index (κ2) is 7.27. The molecule has 0 saturated carbocycles. The van der Waals surface area contributed by atoms with E-state index in [0.717, 1.165) is 35.0 Å². The van der Waals surface area contributed by atoms with Crippen LogP contribution in [0.5, 0.6) is 0 Å². The molecule has 2 unspecified atom stereocenters. The van der Waals surface area contributed by atoms with Crippen molar-refractivity contribution in [3.05, 3.63) is 33.8 Å². The smallest absolute Gasteiger partial charge is 0.251 e. The highest BCUT2D eigenvalue weighted by Crippen LogP contribution is 2.20. The Balaban J connectivity index is 0.00000180. The molecule has 1 aromatic rings. The standard InChI is InChI=1S/C14H19BrN2O.ClH/c1-9-11(5-3-6-12(9)15)14(18)17-13-7-4-8-16-10(13)2;/h3,5-6,10,13,16H,4,7-8H2,1-2H3,(H,17,18);1H. The van der Waals surface area contributed by atoms with Crippen molar-refractivity contribution in [2.45, 2.75) is 38.8 Å². The first-order valence-electron chi connectivity index (χ1n) is 6.39. The highest BCUT2D eigenvalue weighted by molar-refractivity contribution is 9.10. The third-order valence-electron chi connectivity index (χ3n) is 3.59. The van der Waals surface area contributed by atoms with Crippen molar-refractivity contribution in [1.82, 2.24) is 10.6 Å². The van der Waals surface area contributed by atoms with E-state index in [1.54, 1.807) is 0 Å². The van der Waals surface area contributed by atoms with Crippen LogP contribution >= 0.6 is 28.3 Å². The predicted molar refractivity (Wildman–Crippen MR) is 84.1 cm³/mol. The molecule has 19 heavy (non-hydrogen) atoms. The lowest BCUT2D eigenvalue weighted by Gasteiger charge is -2.30. The number of nitrogens with one attached hydrogen (secondary N) is 2. The van der Waals surface area contributed by atoms with Crippen LogP contribution in [-0.4, -0.2) is 24.5 Å². The third-order valence-corrected chi connectivity index (χ3v) is 4.45. The summed E-state index contributed by atoms with van der Waals surface area (Å²) in [5.74, 6) is 0.0225. The van der Waals surface area contributed by atoms with Crippen molar-refractivity contribution in [2.75, 3.05) is 6.54 Å². The van der Waals surface area contributed by atoms with Gasteiger partial charge in [0.2, 0.25) is 0 Å². The number of piperidine rings is 1. The molecule has 0 bridgehead atoms. The highest BCUT2D eigenvalue weighted by atomic mass is 79.9. The van der Waals surface area contributed by atoms with Crippen molar-refractivity contribution in [2.24, 2.45) is 0 Å². The number of rotatable bonds is 2. The maximum atomic E-state index is 12.3. The molecule has 1 aliphatic heterocycles. The zero-order chi connectivity index (χ0) is 13.1. The molecule has 106 valence electrons. The summed E-state index contributed by atoms with van der Waals surface area (Å²) in [6.07, 6.45) is 2.17. The minimum atomic E-state index is 0. The molecule has 1 aliphatic rings. The molecule has 1 aromatic carbocycles. The second-order valence-electron chi connectivity index (χ2n) is 4.88. The molecule has 5 heteroatoms. The Morgan fingerprint density at radius 3 is 2.89 bits per heavy atom. The van der Waals surface area contributed by atoms with E-state index in [2.05, 4.69) is 33.5 Å². The molecule has 2 atom stereocenters. The van der Waals surface area contributed by atoms with Crippen LogP contribution < -0.4 is 10.6 Å². The monoisotopic (exact) mass is 346 g/mol. The molecule has 0 aromatic heterocycles. The van der Waals surface area contributed by atoms with E-state index in [4.69, 9.17) is 0 Å². The fourth-order valence-corrected chi connectivity index (χ4v) is 2.71. The van der Waals surface area contributed by atoms with Crippen molar-refractivity contribution >= 4 is 34.2 Å². The number of halogens is 2. The van der Waals surface area contributed by atoms with E-state index in [0.29, 0.717) is 6.04 Å². The fourth-order valence-electron chi connectivity index (χ4n) is 2.34. The average molecular weight is 348 g/mol. The molecule has 0 aliphatic carbocycles. The lowest BCUT2D eigenvalue weighted by atomic mass is 9.99. The summed E-state index contributed by atoms with van der Waals surface area (Å²) in [6.45, 7) is 5.13. The number of carbonyl (C=O) groups is 1. The van der Waals surface area contributed by atoms with Gasteiger partial charge in [-0.3, -0.25) is 4.79 Å². The van der Waals surface area contributed by atoms with Crippen LogP contribution in [0.3, 0.4) is 0 Å². The van der Waals surface area contributed by atoms with E-state index in [1.807, 2.05) is 25.1 Å². The fraction of sp³-hybridized carbons (Fsp3) is 0.500. The van der Waals surface area contributed by atoms with Crippen LogP contribution in [0.25, 0.3) is 0 Å². The first-order valence-corrected chi connectivity index (χ1v) is 7.18. The van der Waals surface area contributed by atoms with Crippen LogP contribution in [0.1, 0.15) is 35.7 Å². The van der Waals surface area contributed by atoms with Gasteiger partial charge in [-0.2, -0.15) is 0 Å². The molecule has 1 saturated heterocycles. The summed E-state index contributed by atoms with van der Waals surface area (Å²) < 4.78 is 0.977. The van der Waals surface area contributed by atoms with Crippen molar-refractivity contribution in [1.29, 1.82) is 0 Å². The van der Waals surface area contributed by atoms with Gasteiger partial charge in [-0.1, -0.05) is 22.0 Å². The van der Waals surface area contributed by atoms with Gasteiger partial charge in [-0.05, 0) is 50.9 Å². The van der Waals surface area contributed by atoms with Crippen LogP contribution in [0.15, 0.2) is 22.7 Å². The van der Waals surface area contributed by atoms with Gasteiger partial charge < -0.3 is 10.6 Å². The summed E-state index contributed by atoms with van der Waals surface area (Å²) in [6, 6.07) is 6.29. The normalized spacial score (nSPS) is 22.5. The Kier molecular flexibility index (Phi) is 6.30. The molecule has 0 spiro atoms. The van der Waals surface area contributed by atoms with Crippen LogP contribution in [0.4, 0.5) is 0 Å². The molecule has 1 heterocycles. The van der Waals surface area contributed by atoms with Gasteiger partial charge in [-0.25, -0.2) is 0 Å². The van der Waals surface area contributed by atoms with Crippen LogP contribution in [0.2, 0.25) is 0 Å². The van der Waals surface area contributed by atoms with E-state index in [9.17, 15) is 4.79 Å². The van der Waals surface area contributed by atoms with E-state index in [1.165, 1.54) is 0 Å². The molecular formula is C14H20BrClN2O. The van der Waals surface area contributed by atoms with Gasteiger partial charge in [0.25, 0.3) is 5.91 Å². The van der Waals surface area contributed by atoms with Crippen LogP contribution in [0, 0.1) is 6.92 Å². The van der Waals surface area contributed by atoms with Crippen LogP contribution in [-0.2, 0) is 0 Å². The zero-order valence-corrected chi connectivity index (χ0v) is 13.6. The molecule has 3 nitrogen and oxygen atoms in total. The zero-order valence-electron chi connectivity index (χ0n) is 11.2. The second-order valence-corrected chi connectivity index (χ2v) is 5.73. The lowest BCUT2D eigenvalue weighted by molar-refractivity contribution is 0.0919. The minimum absolute atomic E-state index is 0. The predicted octanol–water partition coefficient (Wildman–Crippen LogP) is 3.05. The van der Waals surface area contributed by atoms with Crippen molar-refractivity contribution in [3.63, 3.8) is 0 Å². The van der Waals surface area contributed by atoms with Crippen molar-refractivity contribution in [3.8, 4) is 0 Å². The molecule has 0 radical (unpaired) electrons. The summed E-state index contributed by atoms with van der Waals surface area (Å²) in [7, 11) is 0. The summed E-state index contributed by atoms with van der Waals surface area (Å²) in [5.41, 5.74) is 1.74. The summed E-state index contributed by atoms with van der Waals surface area (Å²) in [4.78, 5) is 12.3. The maximum Gasteiger partial charge on any atom is 0.251 e. The maximum absolute atomic E-state index is 12.3. The SMILES string of the molecule is Cc1c(Br)cccc1C(=O)NC1CCCNC1C.Cl. The Bertz CT molecular complexity index is 453. The average Bonchev–Trinajstić information content (AvgIpc) is 2.35. The minimum Gasteiger partial charge on any atom is -0.348 e. The third kappa shape index (κ3) is 3.94. The van der Waals surface area contributed by atoms with Gasteiger partial charge in [0.05, 0.1) is 0 Å². The summed E-state index contributed by atoms with van der Waals surface area (Å²) >= 11 is 3.46. The largest absolute Gasteiger partial charge is 0.348 e. The number of benzene rings is 1. The summed E-state index contributed by atoms with van der Waals surface area (Å²) in [5, 5.41) is 6.52. The van der Waals surface area contributed by atoms with Gasteiger partial charge in [0, 0.05) is 22.1 Å². The highest BCUT2D eigenvalue weighted by Gasteiger charge is 2.23. The number of hydrogen-bond donors (Lipinski definition) is 2.